The fraction of sp³-hybridized carbons (Fsp3) is 0.276. The predicted molar refractivity (Wildman–Crippen MR) is 145 cm³/mol. The minimum atomic E-state index is -3.74. The molecule has 0 saturated carbocycles. The highest BCUT2D eigenvalue weighted by Crippen LogP contribution is 2.55. The van der Waals surface area contributed by atoms with Crippen LogP contribution < -0.4 is 9.04 Å². The predicted octanol–water partition coefficient (Wildman–Crippen LogP) is 6.17. The largest absolute Gasteiger partial charge is 0.497 e. The van der Waals surface area contributed by atoms with Crippen LogP contribution in [0.3, 0.4) is 0 Å². The van der Waals surface area contributed by atoms with Gasteiger partial charge >= 0.3 is 5.97 Å². The number of anilines is 1. The molecular formula is C29H29NO6S. The number of carboxylic acids is 1. The summed E-state index contributed by atoms with van der Waals surface area (Å²) in [4.78, 5) is 12.0. The van der Waals surface area contributed by atoms with E-state index in [-0.39, 0.29) is 6.42 Å². The Labute approximate surface area is 216 Å². The molecule has 0 bridgehead atoms. The lowest BCUT2D eigenvalue weighted by Gasteiger charge is -2.38. The second kappa shape index (κ2) is 8.66. The lowest BCUT2D eigenvalue weighted by Crippen LogP contribution is -2.36. The Balaban J connectivity index is 1.97. The first-order chi connectivity index (χ1) is 17.4. The summed E-state index contributed by atoms with van der Waals surface area (Å²) in [6.45, 7) is 7.54. The van der Waals surface area contributed by atoms with E-state index in [2.05, 4.69) is 0 Å². The van der Waals surface area contributed by atoms with Crippen LogP contribution in [0, 0.1) is 20.8 Å². The van der Waals surface area contributed by atoms with Gasteiger partial charge < -0.3 is 14.3 Å². The quantitative estimate of drug-likeness (QED) is 0.339. The van der Waals surface area contributed by atoms with Crippen molar-refractivity contribution in [3.05, 3.63) is 70.3 Å². The summed E-state index contributed by atoms with van der Waals surface area (Å²) >= 11 is 0. The van der Waals surface area contributed by atoms with Gasteiger partial charge in [-0.3, -0.25) is 9.10 Å². The maximum Gasteiger partial charge on any atom is 0.307 e. The van der Waals surface area contributed by atoms with E-state index in [1.54, 1.807) is 20.1 Å². The van der Waals surface area contributed by atoms with Gasteiger partial charge in [0, 0.05) is 22.6 Å². The first kappa shape index (κ1) is 24.9. The second-order valence-electron chi connectivity index (χ2n) is 9.71. The van der Waals surface area contributed by atoms with Crippen molar-refractivity contribution in [1.82, 2.24) is 0 Å². The van der Waals surface area contributed by atoms with Crippen molar-refractivity contribution in [2.24, 2.45) is 0 Å². The van der Waals surface area contributed by atoms with Crippen molar-refractivity contribution >= 4 is 32.6 Å². The maximum atomic E-state index is 13.3. The van der Waals surface area contributed by atoms with Crippen molar-refractivity contribution in [1.29, 1.82) is 0 Å². The Hall–Kier alpha value is -3.78. The average molecular weight is 520 g/mol. The second-order valence-corrected chi connectivity index (χ2v) is 11.6. The Morgan fingerprint density at radius 1 is 1.05 bits per heavy atom. The SMILES string of the molecule is COc1ccc2c3c(oc2c1)-c1c(C)c(-c2ccc(C)cc2)c(CC(=O)O)c(C)c1N(S(C)(=O)=O)[C@@H]3C. The summed E-state index contributed by atoms with van der Waals surface area (Å²) in [5.41, 5.74) is 7.22. The molecule has 2 heterocycles. The summed E-state index contributed by atoms with van der Waals surface area (Å²) in [7, 11) is -2.16. The van der Waals surface area contributed by atoms with Crippen LogP contribution in [0.5, 0.6) is 5.75 Å². The van der Waals surface area contributed by atoms with Gasteiger partial charge in [-0.2, -0.15) is 0 Å². The van der Waals surface area contributed by atoms with Crippen LogP contribution in [0.15, 0.2) is 46.9 Å². The zero-order chi connectivity index (χ0) is 26.8. The molecule has 0 fully saturated rings. The molecule has 1 atom stereocenters. The molecule has 5 rings (SSSR count). The van der Waals surface area contributed by atoms with E-state index in [1.165, 1.54) is 10.6 Å². The standard InChI is InChI=1S/C29H29NO6S/c1-15-7-9-19(10-8-15)25-17(3)26-28(16(2)22(25)14-24(31)32)30(37(6,33)34)18(4)27-21-12-11-20(35-5)13-23(21)36-29(26)27/h7-13,18H,14H2,1-6H3,(H,31,32)/t18-/m1/s1. The lowest BCUT2D eigenvalue weighted by atomic mass is 9.81. The molecule has 37 heavy (non-hydrogen) atoms. The van der Waals surface area contributed by atoms with Gasteiger partial charge in [-0.05, 0) is 67.6 Å². The third kappa shape index (κ3) is 3.87. The number of hydrogen-bond donors (Lipinski definition) is 1. The van der Waals surface area contributed by atoms with Crippen molar-refractivity contribution in [3.8, 4) is 28.2 Å². The van der Waals surface area contributed by atoms with Gasteiger partial charge in [-0.1, -0.05) is 29.8 Å². The van der Waals surface area contributed by atoms with Gasteiger partial charge in [-0.25, -0.2) is 8.42 Å². The summed E-state index contributed by atoms with van der Waals surface area (Å²) in [5, 5.41) is 10.6. The number of benzene rings is 3. The summed E-state index contributed by atoms with van der Waals surface area (Å²) in [6, 6.07) is 12.9. The summed E-state index contributed by atoms with van der Waals surface area (Å²) < 4.78 is 39.8. The number of sulfonamides is 1. The molecule has 0 saturated heterocycles. The van der Waals surface area contributed by atoms with E-state index in [9.17, 15) is 18.3 Å². The van der Waals surface area contributed by atoms with Crippen molar-refractivity contribution in [3.63, 3.8) is 0 Å². The number of nitrogens with zero attached hydrogens (tertiary/aromatic N) is 1. The van der Waals surface area contributed by atoms with E-state index in [0.717, 1.165) is 33.2 Å². The van der Waals surface area contributed by atoms with E-state index in [4.69, 9.17) is 9.15 Å². The van der Waals surface area contributed by atoms with E-state index in [1.807, 2.05) is 57.2 Å². The molecule has 0 spiro atoms. The van der Waals surface area contributed by atoms with Crippen LogP contribution in [0.25, 0.3) is 33.4 Å². The molecule has 0 amide bonds. The topological polar surface area (TPSA) is 97.1 Å². The molecule has 0 aliphatic carbocycles. The maximum absolute atomic E-state index is 13.3. The van der Waals surface area contributed by atoms with Gasteiger partial charge in [0.2, 0.25) is 10.0 Å². The monoisotopic (exact) mass is 519 g/mol. The van der Waals surface area contributed by atoms with Crippen molar-refractivity contribution < 1.29 is 27.5 Å². The van der Waals surface area contributed by atoms with Crippen LogP contribution in [0.4, 0.5) is 5.69 Å². The van der Waals surface area contributed by atoms with Gasteiger partial charge in [0.15, 0.2) is 0 Å². The molecule has 1 aromatic heterocycles. The molecule has 4 aromatic rings. The molecular weight excluding hydrogens is 490 g/mol. The van der Waals surface area contributed by atoms with Gasteiger partial charge in [0.1, 0.15) is 17.1 Å². The number of ether oxygens (including phenoxy) is 1. The molecule has 1 aliphatic rings. The molecule has 192 valence electrons. The fourth-order valence-electron chi connectivity index (χ4n) is 5.67. The first-order valence-corrected chi connectivity index (χ1v) is 13.8. The minimum absolute atomic E-state index is 0.237. The van der Waals surface area contributed by atoms with Gasteiger partial charge in [0.05, 0.1) is 31.5 Å². The third-order valence-electron chi connectivity index (χ3n) is 7.27. The molecule has 0 radical (unpaired) electrons. The van der Waals surface area contributed by atoms with Gasteiger partial charge in [-0.15, -0.1) is 0 Å². The van der Waals surface area contributed by atoms with Crippen LogP contribution in [-0.4, -0.2) is 32.9 Å². The molecule has 1 aliphatic heterocycles. The Morgan fingerprint density at radius 3 is 2.32 bits per heavy atom. The van der Waals surface area contributed by atoms with E-state index < -0.39 is 22.0 Å². The molecule has 1 N–H and O–H groups in total. The number of rotatable bonds is 5. The van der Waals surface area contributed by atoms with Gasteiger partial charge in [0.25, 0.3) is 0 Å². The first-order valence-electron chi connectivity index (χ1n) is 12.0. The highest BCUT2D eigenvalue weighted by molar-refractivity contribution is 7.92. The molecule has 8 heteroatoms. The number of hydrogen-bond acceptors (Lipinski definition) is 5. The number of carbonyl (C=O) groups is 1. The van der Waals surface area contributed by atoms with Crippen LogP contribution in [0.1, 0.15) is 40.8 Å². The zero-order valence-corrected chi connectivity index (χ0v) is 22.5. The Bertz CT molecular complexity index is 1680. The number of methoxy groups -OCH3 is 1. The fourth-order valence-corrected chi connectivity index (χ4v) is 6.91. The van der Waals surface area contributed by atoms with Crippen LogP contribution >= 0.6 is 0 Å². The minimum Gasteiger partial charge on any atom is -0.497 e. The normalized spacial score (nSPS) is 15.0. The third-order valence-corrected chi connectivity index (χ3v) is 8.49. The Kier molecular flexibility index (Phi) is 5.83. The average Bonchev–Trinajstić information content (AvgIpc) is 3.21. The van der Waals surface area contributed by atoms with Crippen molar-refractivity contribution in [2.45, 2.75) is 40.2 Å². The number of aryl methyl sites for hydroxylation is 1. The van der Waals surface area contributed by atoms with Crippen LogP contribution in [-0.2, 0) is 21.2 Å². The number of fused-ring (bicyclic) bond motifs is 5. The number of aliphatic carboxylic acids is 1. The Morgan fingerprint density at radius 2 is 1.73 bits per heavy atom. The molecule has 3 aromatic carbocycles. The lowest BCUT2D eigenvalue weighted by molar-refractivity contribution is -0.136. The summed E-state index contributed by atoms with van der Waals surface area (Å²) in [5.74, 6) is 0.250. The smallest absolute Gasteiger partial charge is 0.307 e. The van der Waals surface area contributed by atoms with E-state index in [0.29, 0.717) is 39.5 Å². The number of furan rings is 1. The highest BCUT2D eigenvalue weighted by Gasteiger charge is 2.41. The van der Waals surface area contributed by atoms with E-state index >= 15 is 0 Å². The molecule has 7 nitrogen and oxygen atoms in total. The van der Waals surface area contributed by atoms with Crippen molar-refractivity contribution in [2.75, 3.05) is 17.7 Å². The molecule has 0 unspecified atom stereocenters. The summed E-state index contributed by atoms with van der Waals surface area (Å²) in [6.07, 6.45) is 0.947. The zero-order valence-electron chi connectivity index (χ0n) is 21.7. The van der Waals surface area contributed by atoms with Crippen LogP contribution in [0.2, 0.25) is 0 Å². The number of carboxylic acid groups (broad SMARTS) is 1. The highest BCUT2D eigenvalue weighted by atomic mass is 32.2.